The zero-order chi connectivity index (χ0) is 16.0. The summed E-state index contributed by atoms with van der Waals surface area (Å²) in [5.41, 5.74) is 1.27. The van der Waals surface area contributed by atoms with E-state index in [1.165, 1.54) is 7.11 Å². The van der Waals surface area contributed by atoms with Crippen LogP contribution in [0.2, 0.25) is 5.02 Å². The van der Waals surface area contributed by atoms with E-state index in [1.807, 2.05) is 6.92 Å². The predicted molar refractivity (Wildman–Crippen MR) is 81.2 cm³/mol. The van der Waals surface area contributed by atoms with Gasteiger partial charge in [-0.25, -0.2) is 4.79 Å². The van der Waals surface area contributed by atoms with Crippen molar-refractivity contribution in [2.24, 2.45) is 0 Å². The molecule has 1 rings (SSSR count). The minimum atomic E-state index is -0.956. The molecular weight excluding hydrogens is 296 g/mol. The van der Waals surface area contributed by atoms with E-state index in [2.05, 4.69) is 10.6 Å². The third-order valence-electron chi connectivity index (χ3n) is 2.98. The Bertz CT molecular complexity index is 534. The van der Waals surface area contributed by atoms with Crippen molar-refractivity contribution in [1.29, 1.82) is 0 Å². The van der Waals surface area contributed by atoms with E-state index in [-0.39, 0.29) is 6.42 Å². The van der Waals surface area contributed by atoms with Crippen LogP contribution in [-0.4, -0.2) is 30.3 Å². The quantitative estimate of drug-likeness (QED) is 0.753. The average molecular weight is 315 g/mol. The van der Waals surface area contributed by atoms with Crippen LogP contribution in [-0.2, 0) is 4.79 Å². The Hall–Kier alpha value is -1.95. The second kappa shape index (κ2) is 7.73. The number of nitrogens with one attached hydrogen (secondary N) is 2. The number of amides is 2. The molecule has 3 N–H and O–H groups in total. The molecule has 21 heavy (non-hydrogen) atoms. The van der Waals surface area contributed by atoms with Gasteiger partial charge in [-0.05, 0) is 25.0 Å². The maximum Gasteiger partial charge on any atom is 0.319 e. The zero-order valence-corrected chi connectivity index (χ0v) is 13.0. The summed E-state index contributed by atoms with van der Waals surface area (Å²) in [6.07, 6.45) is 0.400. The number of halogens is 1. The molecule has 0 aliphatic heterocycles. The molecule has 6 nitrogen and oxygen atoms in total. The fraction of sp³-hybridized carbons (Fsp3) is 0.429. The number of aryl methyl sites for hydroxylation is 1. The van der Waals surface area contributed by atoms with Gasteiger partial charge in [-0.3, -0.25) is 4.79 Å². The molecule has 2 amide bonds. The molecule has 1 atom stereocenters. The molecule has 7 heteroatoms. The number of aliphatic carboxylic acids is 1. The van der Waals surface area contributed by atoms with E-state index in [0.717, 1.165) is 5.56 Å². The number of rotatable bonds is 6. The summed E-state index contributed by atoms with van der Waals surface area (Å²) in [5, 5.41) is 14.6. The first kappa shape index (κ1) is 17.1. The zero-order valence-electron chi connectivity index (χ0n) is 12.2. The molecule has 0 radical (unpaired) electrons. The fourth-order valence-corrected chi connectivity index (χ4v) is 1.94. The van der Waals surface area contributed by atoms with Gasteiger partial charge in [0.25, 0.3) is 0 Å². The van der Waals surface area contributed by atoms with Crippen molar-refractivity contribution >= 4 is 29.3 Å². The van der Waals surface area contributed by atoms with Crippen LogP contribution < -0.4 is 15.4 Å². The number of anilines is 1. The molecule has 1 aromatic rings. The number of hydrogen-bond donors (Lipinski definition) is 3. The van der Waals surface area contributed by atoms with E-state index in [4.69, 9.17) is 21.4 Å². The lowest BCUT2D eigenvalue weighted by Crippen LogP contribution is -2.38. The summed E-state index contributed by atoms with van der Waals surface area (Å²) in [4.78, 5) is 22.6. The van der Waals surface area contributed by atoms with Crippen molar-refractivity contribution in [2.45, 2.75) is 32.7 Å². The molecule has 0 aliphatic rings. The van der Waals surface area contributed by atoms with Crippen molar-refractivity contribution in [2.75, 3.05) is 12.4 Å². The number of benzene rings is 1. The van der Waals surface area contributed by atoms with E-state index >= 15 is 0 Å². The summed E-state index contributed by atoms with van der Waals surface area (Å²) in [6, 6.07) is 2.39. The van der Waals surface area contributed by atoms with Crippen molar-refractivity contribution < 1.29 is 19.4 Å². The molecule has 0 spiro atoms. The number of carboxylic acids is 1. The normalized spacial score (nSPS) is 11.6. The predicted octanol–water partition coefficient (Wildman–Crippen LogP) is 3.03. The van der Waals surface area contributed by atoms with E-state index in [9.17, 15) is 9.59 Å². The van der Waals surface area contributed by atoms with E-state index in [0.29, 0.717) is 22.9 Å². The Morgan fingerprint density at radius 3 is 2.62 bits per heavy atom. The van der Waals surface area contributed by atoms with Crippen molar-refractivity contribution in [3.8, 4) is 5.75 Å². The highest BCUT2D eigenvalue weighted by atomic mass is 35.5. The number of urea groups is 1. The van der Waals surface area contributed by atoms with Gasteiger partial charge in [-0.15, -0.1) is 0 Å². The number of carbonyl (C=O) groups is 2. The third-order valence-corrected chi connectivity index (χ3v) is 3.39. The second-order valence-electron chi connectivity index (χ2n) is 4.60. The van der Waals surface area contributed by atoms with Gasteiger partial charge in [0.1, 0.15) is 5.75 Å². The highest BCUT2D eigenvalue weighted by Crippen LogP contribution is 2.30. The number of carbonyl (C=O) groups excluding carboxylic acids is 1. The first-order valence-electron chi connectivity index (χ1n) is 6.50. The van der Waals surface area contributed by atoms with Crippen LogP contribution in [0.15, 0.2) is 12.1 Å². The van der Waals surface area contributed by atoms with Gasteiger partial charge >= 0.3 is 12.0 Å². The van der Waals surface area contributed by atoms with E-state index in [1.54, 1.807) is 19.1 Å². The van der Waals surface area contributed by atoms with Crippen LogP contribution in [0, 0.1) is 6.92 Å². The maximum atomic E-state index is 11.9. The summed E-state index contributed by atoms with van der Waals surface area (Å²) in [6.45, 7) is 3.62. The van der Waals surface area contributed by atoms with Gasteiger partial charge in [0, 0.05) is 17.1 Å². The van der Waals surface area contributed by atoms with Crippen molar-refractivity contribution in [3.63, 3.8) is 0 Å². The molecule has 0 fully saturated rings. The van der Waals surface area contributed by atoms with Crippen LogP contribution >= 0.6 is 11.6 Å². The van der Waals surface area contributed by atoms with Gasteiger partial charge in [-0.1, -0.05) is 18.5 Å². The molecule has 116 valence electrons. The highest BCUT2D eigenvalue weighted by Gasteiger charge is 2.15. The van der Waals surface area contributed by atoms with Gasteiger partial charge in [-0.2, -0.15) is 0 Å². The second-order valence-corrected chi connectivity index (χ2v) is 5.01. The molecule has 1 unspecified atom stereocenters. The summed E-state index contributed by atoms with van der Waals surface area (Å²) >= 11 is 5.99. The van der Waals surface area contributed by atoms with Crippen LogP contribution in [0.25, 0.3) is 0 Å². The van der Waals surface area contributed by atoms with Gasteiger partial charge in [0.15, 0.2) is 0 Å². The first-order chi connectivity index (χ1) is 9.87. The average Bonchev–Trinajstić information content (AvgIpc) is 2.41. The molecule has 1 aromatic carbocycles. The Morgan fingerprint density at radius 1 is 1.43 bits per heavy atom. The largest absolute Gasteiger partial charge is 0.495 e. The SMILES string of the molecule is CCC(CC(=O)O)NC(=O)Nc1cc(C)c(Cl)cc1OC. The summed E-state index contributed by atoms with van der Waals surface area (Å²) in [7, 11) is 1.48. The molecule has 0 aliphatic carbocycles. The molecule has 0 heterocycles. The van der Waals surface area contributed by atoms with Crippen molar-refractivity contribution in [1.82, 2.24) is 5.32 Å². The first-order valence-corrected chi connectivity index (χ1v) is 6.88. The smallest absolute Gasteiger partial charge is 0.319 e. The topological polar surface area (TPSA) is 87.7 Å². The number of hydrogen-bond acceptors (Lipinski definition) is 3. The number of carboxylic acid groups (broad SMARTS) is 1. The Labute approximate surface area is 128 Å². The Balaban J connectivity index is 2.78. The highest BCUT2D eigenvalue weighted by molar-refractivity contribution is 6.31. The van der Waals surface area contributed by atoms with Crippen LogP contribution in [0.5, 0.6) is 5.75 Å². The van der Waals surface area contributed by atoms with Crippen molar-refractivity contribution in [3.05, 3.63) is 22.7 Å². The van der Waals surface area contributed by atoms with Gasteiger partial charge < -0.3 is 20.5 Å². The van der Waals surface area contributed by atoms with Crippen LogP contribution in [0.3, 0.4) is 0 Å². The summed E-state index contributed by atoms with van der Waals surface area (Å²) < 4.78 is 5.16. The molecule has 0 saturated heterocycles. The molecule has 0 aromatic heterocycles. The Morgan fingerprint density at radius 2 is 2.10 bits per heavy atom. The van der Waals surface area contributed by atoms with Crippen LogP contribution in [0.4, 0.5) is 10.5 Å². The lowest BCUT2D eigenvalue weighted by Gasteiger charge is -2.17. The third kappa shape index (κ3) is 5.15. The van der Waals surface area contributed by atoms with Gasteiger partial charge in [0.2, 0.25) is 0 Å². The lowest BCUT2D eigenvalue weighted by molar-refractivity contribution is -0.137. The monoisotopic (exact) mass is 314 g/mol. The van der Waals surface area contributed by atoms with Crippen LogP contribution in [0.1, 0.15) is 25.3 Å². The van der Waals surface area contributed by atoms with Gasteiger partial charge in [0.05, 0.1) is 19.2 Å². The minimum Gasteiger partial charge on any atom is -0.495 e. The lowest BCUT2D eigenvalue weighted by atomic mass is 10.1. The van der Waals surface area contributed by atoms with E-state index < -0.39 is 18.0 Å². The molecular formula is C14H19ClN2O4. The fourth-order valence-electron chi connectivity index (χ4n) is 1.78. The molecule has 0 bridgehead atoms. The number of ether oxygens (including phenoxy) is 1. The number of methoxy groups -OCH3 is 1. The standard InChI is InChI=1S/C14H19ClN2O4/c1-4-9(6-13(18)19)16-14(20)17-11-5-8(2)10(15)7-12(11)21-3/h5,7,9H,4,6H2,1-3H3,(H,18,19)(H2,16,17,20). The molecule has 0 saturated carbocycles. The maximum absolute atomic E-state index is 11.9. The minimum absolute atomic E-state index is 0.124. The summed E-state index contributed by atoms with van der Waals surface area (Å²) in [5.74, 6) is -0.519. The Kier molecular flexibility index (Phi) is 6.30.